The molecule has 6 heteroatoms. The largest absolute Gasteiger partial charge is 0.459 e. The number of amides is 2. The fourth-order valence-electron chi connectivity index (χ4n) is 4.32. The van der Waals surface area contributed by atoms with Crippen LogP contribution in [-0.4, -0.2) is 42.9 Å². The summed E-state index contributed by atoms with van der Waals surface area (Å²) in [6, 6.07) is 19.0. The molecular formula is C25H28N3O3+. The second-order valence-electron chi connectivity index (χ2n) is 8.14. The van der Waals surface area contributed by atoms with Gasteiger partial charge in [-0.3, -0.25) is 9.59 Å². The molecule has 1 aliphatic heterocycles. The van der Waals surface area contributed by atoms with Gasteiger partial charge in [0.05, 0.1) is 32.4 Å². The van der Waals surface area contributed by atoms with Crippen molar-refractivity contribution in [1.82, 2.24) is 4.90 Å². The van der Waals surface area contributed by atoms with Crippen molar-refractivity contribution in [1.29, 1.82) is 0 Å². The summed E-state index contributed by atoms with van der Waals surface area (Å²) < 4.78 is 5.25. The molecule has 3 aromatic rings. The third-order valence-electron chi connectivity index (χ3n) is 5.72. The van der Waals surface area contributed by atoms with E-state index in [1.165, 1.54) is 6.26 Å². The number of carbonyl (C=O) groups is 2. The number of piperazine rings is 1. The number of nitrogens with zero attached hydrogens (tertiary/aromatic N) is 1. The van der Waals surface area contributed by atoms with E-state index in [0.717, 1.165) is 27.3 Å². The summed E-state index contributed by atoms with van der Waals surface area (Å²) >= 11 is 0. The molecule has 2 N–H and O–H groups in total. The van der Waals surface area contributed by atoms with E-state index in [-0.39, 0.29) is 17.9 Å². The predicted molar refractivity (Wildman–Crippen MR) is 119 cm³/mol. The Hall–Kier alpha value is -3.38. The molecule has 2 aromatic carbocycles. The van der Waals surface area contributed by atoms with E-state index < -0.39 is 0 Å². The van der Waals surface area contributed by atoms with Crippen molar-refractivity contribution >= 4 is 17.5 Å². The van der Waals surface area contributed by atoms with Gasteiger partial charge in [-0.15, -0.1) is 0 Å². The highest BCUT2D eigenvalue weighted by atomic mass is 16.3. The van der Waals surface area contributed by atoms with E-state index in [1.807, 2.05) is 56.3 Å². The first kappa shape index (κ1) is 20.9. The third-order valence-corrected chi connectivity index (χ3v) is 5.72. The minimum Gasteiger partial charge on any atom is -0.459 e. The van der Waals surface area contributed by atoms with Crippen LogP contribution in [0, 0.1) is 13.8 Å². The molecule has 0 aliphatic carbocycles. The Labute approximate surface area is 182 Å². The number of hydrogen-bond acceptors (Lipinski definition) is 3. The maximum atomic E-state index is 13.4. The first-order chi connectivity index (χ1) is 15.0. The fraction of sp³-hybridized carbons (Fsp3) is 0.280. The summed E-state index contributed by atoms with van der Waals surface area (Å²) in [5.74, 6) is 0.229. The Morgan fingerprint density at radius 3 is 2.26 bits per heavy atom. The maximum Gasteiger partial charge on any atom is 0.289 e. The lowest BCUT2D eigenvalue weighted by Crippen LogP contribution is -3.16. The number of benzene rings is 2. The summed E-state index contributed by atoms with van der Waals surface area (Å²) in [5.41, 5.74) is 4.02. The van der Waals surface area contributed by atoms with Crippen molar-refractivity contribution < 1.29 is 18.9 Å². The van der Waals surface area contributed by atoms with E-state index in [9.17, 15) is 9.59 Å². The lowest BCUT2D eigenvalue weighted by atomic mass is 10.0. The summed E-state index contributed by atoms with van der Waals surface area (Å²) in [7, 11) is 0. The number of aryl methyl sites for hydroxylation is 2. The van der Waals surface area contributed by atoms with Crippen LogP contribution in [0.1, 0.15) is 33.3 Å². The van der Waals surface area contributed by atoms with Crippen LogP contribution in [0.2, 0.25) is 0 Å². The van der Waals surface area contributed by atoms with Gasteiger partial charge in [0, 0.05) is 11.3 Å². The number of nitrogens with one attached hydrogen (secondary N) is 2. The molecule has 2 amide bonds. The molecule has 31 heavy (non-hydrogen) atoms. The molecule has 160 valence electrons. The molecule has 6 nitrogen and oxygen atoms in total. The summed E-state index contributed by atoms with van der Waals surface area (Å²) in [6.45, 7) is 6.58. The molecule has 0 unspecified atom stereocenters. The van der Waals surface area contributed by atoms with Crippen molar-refractivity contribution in [2.24, 2.45) is 0 Å². The van der Waals surface area contributed by atoms with Crippen LogP contribution in [0.15, 0.2) is 71.3 Å². The van der Waals surface area contributed by atoms with E-state index >= 15 is 0 Å². The molecule has 0 spiro atoms. The molecular weight excluding hydrogens is 390 g/mol. The zero-order valence-corrected chi connectivity index (χ0v) is 17.9. The monoisotopic (exact) mass is 418 g/mol. The van der Waals surface area contributed by atoms with E-state index in [2.05, 4.69) is 11.4 Å². The quantitative estimate of drug-likeness (QED) is 0.669. The smallest absolute Gasteiger partial charge is 0.289 e. The van der Waals surface area contributed by atoms with Crippen molar-refractivity contribution in [2.75, 3.05) is 31.5 Å². The average molecular weight is 419 g/mol. The van der Waals surface area contributed by atoms with E-state index in [4.69, 9.17) is 4.42 Å². The summed E-state index contributed by atoms with van der Waals surface area (Å²) in [4.78, 5) is 28.9. The minimum absolute atomic E-state index is 0.0305. The maximum absolute atomic E-state index is 13.4. The number of hydrogen-bond donors (Lipinski definition) is 2. The molecule has 2 heterocycles. The van der Waals surface area contributed by atoms with Gasteiger partial charge in [0.1, 0.15) is 0 Å². The van der Waals surface area contributed by atoms with Gasteiger partial charge in [-0.05, 0) is 49.2 Å². The van der Waals surface area contributed by atoms with Crippen molar-refractivity contribution in [3.05, 3.63) is 89.4 Å². The van der Waals surface area contributed by atoms with Gasteiger partial charge >= 0.3 is 0 Å². The van der Waals surface area contributed by atoms with Gasteiger partial charge in [0.25, 0.3) is 11.8 Å². The van der Waals surface area contributed by atoms with Gasteiger partial charge in [-0.1, -0.05) is 36.4 Å². The Balaban J connectivity index is 1.51. The highest BCUT2D eigenvalue weighted by Crippen LogP contribution is 2.17. The zero-order valence-electron chi connectivity index (χ0n) is 17.9. The molecule has 1 aromatic heterocycles. The SMILES string of the molecule is Cc1cc(C)cc(NC(=O)[C@H](c2ccccc2)[NH+]2CCN(C(=O)c3ccco3)CC2)c1. The van der Waals surface area contributed by atoms with Gasteiger partial charge in [0.2, 0.25) is 0 Å². The van der Waals surface area contributed by atoms with Crippen molar-refractivity contribution in [2.45, 2.75) is 19.9 Å². The first-order valence-corrected chi connectivity index (χ1v) is 10.6. The summed E-state index contributed by atoms with van der Waals surface area (Å²) in [6.07, 6.45) is 1.51. The molecule has 0 radical (unpaired) electrons. The van der Waals surface area contributed by atoms with Gasteiger partial charge in [-0.25, -0.2) is 0 Å². The third kappa shape index (κ3) is 4.86. The van der Waals surface area contributed by atoms with Crippen LogP contribution in [0.25, 0.3) is 0 Å². The molecule has 1 saturated heterocycles. The van der Waals surface area contributed by atoms with Crippen molar-refractivity contribution in [3.8, 4) is 0 Å². The Kier molecular flexibility index (Phi) is 6.18. The Morgan fingerprint density at radius 1 is 0.968 bits per heavy atom. The number of furan rings is 1. The summed E-state index contributed by atoms with van der Waals surface area (Å²) in [5, 5.41) is 3.12. The number of carbonyl (C=O) groups excluding carboxylic acids is 2. The lowest BCUT2D eigenvalue weighted by molar-refractivity contribution is -0.925. The number of rotatable bonds is 5. The van der Waals surface area contributed by atoms with Crippen LogP contribution in [0.5, 0.6) is 0 Å². The predicted octanol–water partition coefficient (Wildman–Crippen LogP) is 2.62. The Bertz CT molecular complexity index is 1020. The molecule has 1 atom stereocenters. The van der Waals surface area contributed by atoms with Crippen LogP contribution < -0.4 is 10.2 Å². The van der Waals surface area contributed by atoms with Crippen LogP contribution in [0.3, 0.4) is 0 Å². The molecule has 1 fully saturated rings. The second-order valence-corrected chi connectivity index (χ2v) is 8.14. The van der Waals surface area contributed by atoms with Crippen molar-refractivity contribution in [3.63, 3.8) is 0 Å². The Morgan fingerprint density at radius 2 is 1.65 bits per heavy atom. The number of anilines is 1. The van der Waals surface area contributed by atoms with E-state index in [0.29, 0.717) is 31.9 Å². The molecule has 0 bridgehead atoms. The normalized spacial score (nSPS) is 15.5. The van der Waals surface area contributed by atoms with Crippen LogP contribution in [0.4, 0.5) is 5.69 Å². The highest BCUT2D eigenvalue weighted by Gasteiger charge is 2.35. The van der Waals surface area contributed by atoms with Crippen LogP contribution in [-0.2, 0) is 4.79 Å². The molecule has 4 rings (SSSR count). The minimum atomic E-state index is -0.345. The van der Waals surface area contributed by atoms with E-state index in [1.54, 1.807) is 17.0 Å². The van der Waals surface area contributed by atoms with Gasteiger partial charge < -0.3 is 19.5 Å². The van der Waals surface area contributed by atoms with Crippen LogP contribution >= 0.6 is 0 Å². The lowest BCUT2D eigenvalue weighted by Gasteiger charge is -2.35. The first-order valence-electron chi connectivity index (χ1n) is 10.6. The molecule has 1 aliphatic rings. The average Bonchev–Trinajstić information content (AvgIpc) is 3.29. The standard InChI is InChI=1S/C25H27N3O3/c1-18-15-19(2)17-21(16-18)26-24(29)23(20-7-4-3-5-8-20)27-10-12-28(13-11-27)25(30)22-9-6-14-31-22/h3-9,14-17,23H,10-13H2,1-2H3,(H,26,29)/p+1/t23-/m0/s1. The van der Waals surface area contributed by atoms with Gasteiger partial charge in [0.15, 0.2) is 11.8 Å². The van der Waals surface area contributed by atoms with Gasteiger partial charge in [-0.2, -0.15) is 0 Å². The second kappa shape index (κ2) is 9.18. The fourth-order valence-corrected chi connectivity index (χ4v) is 4.32. The molecule has 0 saturated carbocycles. The zero-order chi connectivity index (χ0) is 21.8. The highest BCUT2D eigenvalue weighted by molar-refractivity contribution is 5.95. The topological polar surface area (TPSA) is 67.0 Å². The number of quaternary nitrogens is 1.